The predicted octanol–water partition coefficient (Wildman–Crippen LogP) is 2.02. The minimum absolute atomic E-state index is 0.384. The van der Waals surface area contributed by atoms with Crippen LogP contribution >= 0.6 is 11.6 Å². The summed E-state index contributed by atoms with van der Waals surface area (Å²) in [7, 11) is 1.58. The molecule has 2 heterocycles. The summed E-state index contributed by atoms with van der Waals surface area (Å²) in [4.78, 5) is 0. The molecule has 98 valence electrons. The number of aromatic nitrogens is 2. The van der Waals surface area contributed by atoms with Gasteiger partial charge in [0.1, 0.15) is 17.7 Å². The Morgan fingerprint density at radius 1 is 1.61 bits per heavy atom. The molecule has 0 radical (unpaired) electrons. The summed E-state index contributed by atoms with van der Waals surface area (Å²) >= 11 is 5.75. The van der Waals surface area contributed by atoms with Crippen LogP contribution in [0.5, 0.6) is 0 Å². The molecule has 0 aliphatic rings. The number of methoxy groups -OCH3 is 1. The number of hydrogen-bond donors (Lipinski definition) is 1. The minimum atomic E-state index is 0.384. The number of anilines is 1. The highest BCUT2D eigenvalue weighted by molar-refractivity contribution is 6.30. The van der Waals surface area contributed by atoms with Crippen molar-refractivity contribution in [2.75, 3.05) is 25.3 Å². The van der Waals surface area contributed by atoms with Crippen molar-refractivity contribution in [1.29, 1.82) is 0 Å². The van der Waals surface area contributed by atoms with Crippen molar-refractivity contribution in [2.24, 2.45) is 0 Å². The third kappa shape index (κ3) is 3.25. The van der Waals surface area contributed by atoms with Crippen molar-refractivity contribution in [3.8, 4) is 0 Å². The Morgan fingerprint density at radius 3 is 3.11 bits per heavy atom. The highest BCUT2D eigenvalue weighted by Crippen LogP contribution is 2.16. The Balaban J connectivity index is 1.97. The molecule has 2 rings (SSSR count). The molecule has 0 saturated heterocycles. The zero-order chi connectivity index (χ0) is 13.0. The molecule has 0 aromatic carbocycles. The molecule has 0 aliphatic carbocycles. The van der Waals surface area contributed by atoms with Crippen LogP contribution < -0.4 is 5.06 Å². The maximum Gasteiger partial charge on any atom is 0.126 e. The molecule has 0 aliphatic heterocycles. The molecule has 0 atom stereocenters. The lowest BCUT2D eigenvalue weighted by molar-refractivity contribution is 0.166. The van der Waals surface area contributed by atoms with Gasteiger partial charge in [-0.3, -0.25) is 15.0 Å². The van der Waals surface area contributed by atoms with Crippen molar-refractivity contribution in [3.05, 3.63) is 35.5 Å². The minimum Gasteiger partial charge on any atom is -0.466 e. The third-order valence-electron chi connectivity index (χ3n) is 2.36. The summed E-state index contributed by atoms with van der Waals surface area (Å²) in [5, 5.41) is 15.5. The zero-order valence-electron chi connectivity index (χ0n) is 9.91. The monoisotopic (exact) mass is 271 g/mol. The van der Waals surface area contributed by atoms with E-state index in [9.17, 15) is 5.21 Å². The summed E-state index contributed by atoms with van der Waals surface area (Å²) < 4.78 is 11.7. The van der Waals surface area contributed by atoms with Gasteiger partial charge in [0.2, 0.25) is 0 Å². The highest BCUT2D eigenvalue weighted by Gasteiger charge is 2.07. The van der Waals surface area contributed by atoms with E-state index in [1.54, 1.807) is 30.3 Å². The smallest absolute Gasteiger partial charge is 0.126 e. The summed E-state index contributed by atoms with van der Waals surface area (Å²) in [5.74, 6) is 0.705. The van der Waals surface area contributed by atoms with Crippen molar-refractivity contribution in [1.82, 2.24) is 9.78 Å². The number of halogens is 1. The second-order valence-corrected chi connectivity index (χ2v) is 4.18. The van der Waals surface area contributed by atoms with E-state index in [0.29, 0.717) is 36.2 Å². The molecule has 0 amide bonds. The molecule has 6 nitrogen and oxygen atoms in total. The lowest BCUT2D eigenvalue weighted by Crippen LogP contribution is -2.22. The van der Waals surface area contributed by atoms with Crippen LogP contribution in [-0.4, -0.2) is 35.2 Å². The first-order valence-electron chi connectivity index (χ1n) is 5.40. The first kappa shape index (κ1) is 12.9. The standard InChI is InChI=1S/C11H14ClN3O3/c1-17-3-2-15(16)10-5-13-14(6-10)7-11-4-9(12)8-18-11/h4-6,8,16H,2-3,7H2,1H3. The molecule has 0 fully saturated rings. The van der Waals surface area contributed by atoms with Crippen molar-refractivity contribution >= 4 is 17.3 Å². The van der Waals surface area contributed by atoms with Crippen molar-refractivity contribution < 1.29 is 14.4 Å². The summed E-state index contributed by atoms with van der Waals surface area (Å²) in [6.45, 7) is 1.29. The number of hydroxylamine groups is 1. The van der Waals surface area contributed by atoms with Crippen molar-refractivity contribution in [2.45, 2.75) is 6.54 Å². The van der Waals surface area contributed by atoms with Crippen LogP contribution in [0.25, 0.3) is 0 Å². The first-order chi connectivity index (χ1) is 8.69. The van der Waals surface area contributed by atoms with E-state index < -0.39 is 0 Å². The molecule has 0 saturated carbocycles. The molecular weight excluding hydrogens is 258 g/mol. The SMILES string of the molecule is COCCN(O)c1cnn(Cc2cc(Cl)co2)c1. The summed E-state index contributed by atoms with van der Waals surface area (Å²) in [6.07, 6.45) is 4.75. The van der Waals surface area contributed by atoms with Gasteiger partial charge in [-0.25, -0.2) is 0 Å². The fourth-order valence-electron chi connectivity index (χ4n) is 1.48. The lowest BCUT2D eigenvalue weighted by atomic mass is 10.4. The molecule has 2 aromatic rings. The predicted molar refractivity (Wildman–Crippen MR) is 66.1 cm³/mol. The second kappa shape index (κ2) is 5.90. The summed E-state index contributed by atoms with van der Waals surface area (Å²) in [5.41, 5.74) is 0.602. The molecule has 18 heavy (non-hydrogen) atoms. The van der Waals surface area contributed by atoms with Crippen LogP contribution in [0.3, 0.4) is 0 Å². The van der Waals surface area contributed by atoms with Crippen LogP contribution in [0.1, 0.15) is 5.76 Å². The molecule has 1 N–H and O–H groups in total. The molecule has 0 bridgehead atoms. The van der Waals surface area contributed by atoms with Gasteiger partial charge in [0.05, 0.1) is 37.1 Å². The van der Waals surface area contributed by atoms with E-state index in [2.05, 4.69) is 5.10 Å². The van der Waals surface area contributed by atoms with Gasteiger partial charge in [-0.15, -0.1) is 0 Å². The van der Waals surface area contributed by atoms with Crippen LogP contribution in [0, 0.1) is 0 Å². The van der Waals surface area contributed by atoms with Crippen LogP contribution in [0.2, 0.25) is 5.02 Å². The van der Waals surface area contributed by atoms with Gasteiger partial charge in [-0.2, -0.15) is 5.10 Å². The summed E-state index contributed by atoms with van der Waals surface area (Å²) in [6, 6.07) is 1.73. The van der Waals surface area contributed by atoms with Crippen LogP contribution in [0.15, 0.2) is 29.1 Å². The Morgan fingerprint density at radius 2 is 2.44 bits per heavy atom. The fraction of sp³-hybridized carbons (Fsp3) is 0.364. The maximum absolute atomic E-state index is 9.69. The van der Waals surface area contributed by atoms with E-state index in [4.69, 9.17) is 20.8 Å². The molecular formula is C11H14ClN3O3. The van der Waals surface area contributed by atoms with Crippen molar-refractivity contribution in [3.63, 3.8) is 0 Å². The average molecular weight is 272 g/mol. The first-order valence-corrected chi connectivity index (χ1v) is 5.77. The molecule has 7 heteroatoms. The van der Waals surface area contributed by atoms with Gasteiger partial charge < -0.3 is 9.15 Å². The number of ether oxygens (including phenoxy) is 1. The number of nitrogens with zero attached hydrogens (tertiary/aromatic N) is 3. The Bertz CT molecular complexity index is 497. The Labute approximate surface area is 109 Å². The van der Waals surface area contributed by atoms with E-state index >= 15 is 0 Å². The Hall–Kier alpha value is -1.50. The largest absolute Gasteiger partial charge is 0.466 e. The zero-order valence-corrected chi connectivity index (χ0v) is 10.7. The average Bonchev–Trinajstić information content (AvgIpc) is 2.96. The van der Waals surface area contributed by atoms with E-state index in [1.165, 1.54) is 6.26 Å². The van der Waals surface area contributed by atoms with Crippen LogP contribution in [0.4, 0.5) is 5.69 Å². The van der Waals surface area contributed by atoms with Gasteiger partial charge in [0.15, 0.2) is 0 Å². The number of furan rings is 1. The lowest BCUT2D eigenvalue weighted by Gasteiger charge is -2.13. The van der Waals surface area contributed by atoms with Gasteiger partial charge in [-0.1, -0.05) is 11.6 Å². The van der Waals surface area contributed by atoms with Gasteiger partial charge in [0, 0.05) is 13.2 Å². The number of hydrogen-bond acceptors (Lipinski definition) is 5. The quantitative estimate of drug-likeness (QED) is 0.815. The second-order valence-electron chi connectivity index (χ2n) is 3.74. The van der Waals surface area contributed by atoms with E-state index in [-0.39, 0.29) is 0 Å². The fourth-order valence-corrected chi connectivity index (χ4v) is 1.64. The molecule has 0 spiro atoms. The van der Waals surface area contributed by atoms with E-state index in [0.717, 1.165) is 5.06 Å². The highest BCUT2D eigenvalue weighted by atomic mass is 35.5. The molecule has 2 aromatic heterocycles. The molecule has 0 unspecified atom stereocenters. The van der Waals surface area contributed by atoms with Gasteiger partial charge in [0.25, 0.3) is 0 Å². The van der Waals surface area contributed by atoms with Gasteiger partial charge in [-0.05, 0) is 0 Å². The van der Waals surface area contributed by atoms with Gasteiger partial charge >= 0.3 is 0 Å². The van der Waals surface area contributed by atoms with E-state index in [1.807, 2.05) is 0 Å². The number of rotatable bonds is 6. The van der Waals surface area contributed by atoms with Crippen LogP contribution in [-0.2, 0) is 11.3 Å². The maximum atomic E-state index is 9.69. The normalized spacial score (nSPS) is 10.8. The third-order valence-corrected chi connectivity index (χ3v) is 2.56. The Kier molecular flexibility index (Phi) is 4.24. The topological polar surface area (TPSA) is 63.7 Å².